The van der Waals surface area contributed by atoms with Gasteiger partial charge < -0.3 is 0 Å². The Morgan fingerprint density at radius 1 is 0.357 bits per heavy atom. The molecule has 10 aromatic carbocycles. The van der Waals surface area contributed by atoms with Gasteiger partial charge in [0.25, 0.3) is 0 Å². The normalized spacial score (nSPS) is 11.5. The Bertz CT molecular complexity index is 3410. The molecule has 0 bridgehead atoms. The summed E-state index contributed by atoms with van der Waals surface area (Å²) in [6, 6.07) is 55.3. The molecule has 0 saturated heterocycles. The monoisotopic (exact) mass is 704 g/mol. The van der Waals surface area contributed by atoms with E-state index < -0.39 is 0 Å². The zero-order chi connectivity index (χ0) is 37.7. The minimum absolute atomic E-state index is 0.0901. The van der Waals surface area contributed by atoms with Crippen LogP contribution in [0.3, 0.4) is 0 Å². The van der Waals surface area contributed by atoms with Gasteiger partial charge in [0.1, 0.15) is 0 Å². The molecule has 0 heterocycles. The van der Waals surface area contributed by atoms with Crippen molar-refractivity contribution >= 4 is 65.2 Å². The fraction of sp³-hybridized carbons (Fsp3) is 0. The number of hydrogen-bond donors (Lipinski definition) is 0. The van der Waals surface area contributed by atoms with Gasteiger partial charge in [0.05, 0.1) is 36.4 Å². The average molecular weight is 705 g/mol. The first-order valence-electron chi connectivity index (χ1n) is 18.3. The Kier molecular flexibility index (Phi) is 6.48. The van der Waals surface area contributed by atoms with Crippen LogP contribution in [0.5, 0.6) is 0 Å². The molecule has 1 aliphatic carbocycles. The van der Waals surface area contributed by atoms with E-state index in [4.69, 9.17) is 13.1 Å². The van der Waals surface area contributed by atoms with Crippen molar-refractivity contribution in [3.8, 4) is 67.8 Å². The van der Waals surface area contributed by atoms with Gasteiger partial charge in [-0.3, -0.25) is 0 Å². The maximum Gasteiger partial charge on any atom is 0.213 e. The van der Waals surface area contributed by atoms with E-state index in [-0.39, 0.29) is 22.5 Å². The third-order valence-electron chi connectivity index (χ3n) is 11.7. The van der Waals surface area contributed by atoms with Gasteiger partial charge in [0, 0.05) is 0 Å². The Hall–Kier alpha value is -8.28. The van der Waals surface area contributed by atoms with E-state index in [0.29, 0.717) is 10.8 Å². The number of benzene rings is 10. The molecule has 4 nitrogen and oxygen atoms in total. The van der Waals surface area contributed by atoms with Gasteiger partial charge in [-0.2, -0.15) is 10.5 Å². The van der Waals surface area contributed by atoms with Crippen molar-refractivity contribution in [1.29, 1.82) is 10.5 Å². The van der Waals surface area contributed by atoms with Crippen LogP contribution in [-0.4, -0.2) is 0 Å². The fourth-order valence-corrected chi connectivity index (χ4v) is 9.51. The number of fused-ring (bicyclic) bond motifs is 4. The molecule has 0 atom stereocenters. The summed E-state index contributed by atoms with van der Waals surface area (Å²) >= 11 is 0. The average Bonchev–Trinajstić information content (AvgIpc) is 3.59. The topological polar surface area (TPSA) is 56.3 Å². The molecule has 0 N–H and O–H groups in total. The molecule has 0 unspecified atom stereocenters. The van der Waals surface area contributed by atoms with Crippen molar-refractivity contribution in [3.63, 3.8) is 0 Å². The van der Waals surface area contributed by atoms with E-state index in [0.717, 1.165) is 66.4 Å². The maximum atomic E-state index is 10.9. The van der Waals surface area contributed by atoms with Gasteiger partial charge in [-0.1, -0.05) is 146 Å². The maximum absolute atomic E-state index is 10.9. The van der Waals surface area contributed by atoms with Gasteiger partial charge >= 0.3 is 0 Å². The van der Waals surface area contributed by atoms with Crippen LogP contribution in [0.2, 0.25) is 0 Å². The van der Waals surface area contributed by atoms with E-state index >= 15 is 0 Å². The quantitative estimate of drug-likeness (QED) is 0.136. The zero-order valence-electron chi connectivity index (χ0n) is 29.6. The van der Waals surface area contributed by atoms with Crippen molar-refractivity contribution in [2.24, 2.45) is 0 Å². The molecular weight excluding hydrogens is 681 g/mol. The van der Waals surface area contributed by atoms with Crippen LogP contribution in [0, 0.1) is 35.8 Å². The summed E-state index contributed by atoms with van der Waals surface area (Å²) in [5.74, 6) is 0. The molecule has 0 radical (unpaired) electrons. The Labute approximate surface area is 321 Å². The lowest BCUT2D eigenvalue weighted by Gasteiger charge is -2.23. The molecule has 1 aliphatic rings. The molecule has 56 heavy (non-hydrogen) atoms. The first-order valence-corrected chi connectivity index (χ1v) is 18.3. The van der Waals surface area contributed by atoms with E-state index in [9.17, 15) is 10.5 Å². The second-order valence-electron chi connectivity index (χ2n) is 14.2. The predicted octanol–water partition coefficient (Wildman–Crippen LogP) is 14.4. The highest BCUT2D eigenvalue weighted by Gasteiger charge is 2.35. The first kappa shape index (κ1) is 31.3. The summed E-state index contributed by atoms with van der Waals surface area (Å²) in [6.07, 6.45) is 0. The third-order valence-corrected chi connectivity index (χ3v) is 11.7. The molecule has 0 fully saturated rings. The number of nitriles is 2. The van der Waals surface area contributed by atoms with Crippen LogP contribution in [-0.2, 0) is 0 Å². The van der Waals surface area contributed by atoms with Gasteiger partial charge in [-0.15, -0.1) is 0 Å². The molecule has 0 spiro atoms. The minimum atomic E-state index is -0.0901. The van der Waals surface area contributed by atoms with Crippen LogP contribution in [0.4, 0.5) is 11.4 Å². The van der Waals surface area contributed by atoms with Crippen molar-refractivity contribution in [3.05, 3.63) is 180 Å². The van der Waals surface area contributed by atoms with E-state index in [1.807, 2.05) is 60.7 Å². The second kappa shape index (κ2) is 11.6. The molecule has 4 heteroatoms. The van der Waals surface area contributed by atoms with Crippen LogP contribution in [0.15, 0.2) is 146 Å². The Morgan fingerprint density at radius 3 is 1.36 bits per heavy atom. The lowest BCUT2D eigenvalue weighted by Crippen LogP contribution is -1.98. The number of rotatable bonds is 3. The van der Waals surface area contributed by atoms with Gasteiger partial charge in [0.2, 0.25) is 11.4 Å². The fourth-order valence-electron chi connectivity index (χ4n) is 9.51. The third kappa shape index (κ3) is 3.97. The van der Waals surface area contributed by atoms with Crippen LogP contribution < -0.4 is 0 Å². The molecule has 11 rings (SSSR count). The molecular formula is C52H24N4. The standard InChI is InChI=1S/C52H24N4/c1-55-51-40(27-53)49-44(29-11-5-3-6-12-29)47-38-18-10-17-36-35(34-23-21-33-20-19-31-15-9-16-32-22-24-37(34)43(33)42(31)32)25-26-39(46(36)38)48(47)45(30-13-7-4-8-14-30)50(49)41(28-54)52(51)56-2/h3-26H. The van der Waals surface area contributed by atoms with Gasteiger partial charge in [0.15, 0.2) is 0 Å². The minimum Gasteiger partial charge on any atom is -0.249 e. The van der Waals surface area contributed by atoms with Crippen molar-refractivity contribution in [2.75, 3.05) is 0 Å². The molecule has 0 amide bonds. The number of hydrogen-bond acceptors (Lipinski definition) is 2. The lowest BCUT2D eigenvalue weighted by atomic mass is 9.79. The van der Waals surface area contributed by atoms with Crippen LogP contribution in [0.1, 0.15) is 11.1 Å². The Balaban J connectivity index is 1.35. The highest BCUT2D eigenvalue weighted by Crippen LogP contribution is 2.61. The summed E-state index contributed by atoms with van der Waals surface area (Å²) in [6.45, 7) is 16.4. The summed E-state index contributed by atoms with van der Waals surface area (Å²) in [7, 11) is 0. The van der Waals surface area contributed by atoms with Crippen molar-refractivity contribution in [1.82, 2.24) is 0 Å². The molecule has 252 valence electrons. The molecule has 10 aromatic rings. The summed E-state index contributed by atoms with van der Waals surface area (Å²) in [4.78, 5) is 7.49. The van der Waals surface area contributed by atoms with Gasteiger partial charge in [-0.05, 0) is 109 Å². The van der Waals surface area contributed by atoms with Gasteiger partial charge in [-0.25, -0.2) is 9.69 Å². The highest BCUT2D eigenvalue weighted by molar-refractivity contribution is 6.32. The Morgan fingerprint density at radius 2 is 0.804 bits per heavy atom. The molecule has 0 aliphatic heterocycles. The smallest absolute Gasteiger partial charge is 0.213 e. The SMILES string of the molecule is [C-]#[N+]c1c([N+]#[C-])c(C#N)c2c(-c3ccccc3)c3c(c(-c4ccccc4)c2c1C#N)-c1cccc2c(-c4ccc5ccc6cccc7ccc4c5c67)ccc-3c12. The van der Waals surface area contributed by atoms with E-state index in [1.54, 1.807) is 0 Å². The zero-order valence-corrected chi connectivity index (χ0v) is 29.6. The largest absolute Gasteiger partial charge is 0.249 e. The van der Waals surface area contributed by atoms with Crippen molar-refractivity contribution in [2.45, 2.75) is 0 Å². The molecule has 0 aromatic heterocycles. The van der Waals surface area contributed by atoms with Crippen LogP contribution >= 0.6 is 0 Å². The summed E-state index contributed by atoms with van der Waals surface area (Å²) in [5, 5.41) is 32.4. The summed E-state index contributed by atoms with van der Waals surface area (Å²) < 4.78 is 0. The highest BCUT2D eigenvalue weighted by atomic mass is 14.8. The summed E-state index contributed by atoms with van der Waals surface area (Å²) in [5.41, 5.74) is 9.50. The predicted molar refractivity (Wildman–Crippen MR) is 228 cm³/mol. The number of nitrogens with zero attached hydrogens (tertiary/aromatic N) is 4. The van der Waals surface area contributed by atoms with E-state index in [2.05, 4.69) is 107 Å². The van der Waals surface area contributed by atoms with Crippen molar-refractivity contribution < 1.29 is 0 Å². The first-order chi connectivity index (χ1) is 27.7. The van der Waals surface area contributed by atoms with Crippen LogP contribution in [0.25, 0.3) is 119 Å². The second-order valence-corrected chi connectivity index (χ2v) is 14.2. The van der Waals surface area contributed by atoms with E-state index in [1.165, 1.54) is 32.3 Å². The lowest BCUT2D eigenvalue weighted by molar-refractivity contribution is 1.49. The molecule has 0 saturated carbocycles.